The van der Waals surface area contributed by atoms with Gasteiger partial charge in [0.2, 0.25) is 5.91 Å². The fraction of sp³-hybridized carbons (Fsp3) is 0.231. The van der Waals surface area contributed by atoms with Crippen LogP contribution in [0.15, 0.2) is 43.1 Å². The molecular formula is C26H21F3N6O2S. The van der Waals surface area contributed by atoms with Crippen LogP contribution in [-0.4, -0.2) is 58.8 Å². The number of halogens is 3. The zero-order valence-electron chi connectivity index (χ0n) is 19.9. The lowest BCUT2D eigenvalue weighted by Gasteiger charge is -2.38. The van der Waals surface area contributed by atoms with Crippen molar-refractivity contribution in [1.82, 2.24) is 20.2 Å². The van der Waals surface area contributed by atoms with Crippen molar-refractivity contribution in [2.75, 3.05) is 36.8 Å². The third-order valence-electron chi connectivity index (χ3n) is 6.47. The van der Waals surface area contributed by atoms with E-state index >= 15 is 4.39 Å². The van der Waals surface area contributed by atoms with Gasteiger partial charge in [0.15, 0.2) is 5.82 Å². The lowest BCUT2D eigenvalue weighted by Crippen LogP contribution is -2.55. The Bertz CT molecular complexity index is 1650. The number of hydrogen-bond acceptors (Lipinski definition) is 7. The number of carbonyl (C=O) groups is 2. The first-order valence-corrected chi connectivity index (χ1v) is 12.6. The summed E-state index contributed by atoms with van der Waals surface area (Å²) in [6, 6.07) is 6.64. The number of nitrogens with zero attached hydrogens (tertiary/aromatic N) is 3. The maximum absolute atomic E-state index is 15.3. The standard InChI is InChI=1S/C26H21F3N6O2S/c1-2-19(36)34-16-8-13(7-14(21(16)27)10-35-11-26(28,29)12-35)17-9-32-22-15(33-17)3-4-18-20(22)23-24(38-18)25(37)31-6-5-30-23/h2-4,7-9,30H,1,5-6,10-12H2,(H,31,37)(H,34,36). The maximum Gasteiger partial charge on any atom is 0.272 e. The minimum Gasteiger partial charge on any atom is -0.381 e. The summed E-state index contributed by atoms with van der Waals surface area (Å²) in [5.41, 5.74) is 2.80. The summed E-state index contributed by atoms with van der Waals surface area (Å²) in [5, 5.41) is 9.42. The summed E-state index contributed by atoms with van der Waals surface area (Å²) in [6.07, 6.45) is 2.55. The Morgan fingerprint density at radius 3 is 2.79 bits per heavy atom. The molecule has 0 atom stereocenters. The molecule has 1 fully saturated rings. The Morgan fingerprint density at radius 2 is 2.03 bits per heavy atom. The largest absolute Gasteiger partial charge is 0.381 e. The average molecular weight is 539 g/mol. The van der Waals surface area contributed by atoms with Crippen molar-refractivity contribution in [2.45, 2.75) is 12.5 Å². The second kappa shape index (κ2) is 9.07. The summed E-state index contributed by atoms with van der Waals surface area (Å²) in [7, 11) is 0. The molecule has 4 heterocycles. The fourth-order valence-electron chi connectivity index (χ4n) is 4.76. The van der Waals surface area contributed by atoms with Crippen molar-refractivity contribution in [2.24, 2.45) is 0 Å². The van der Waals surface area contributed by atoms with Gasteiger partial charge in [0, 0.05) is 40.8 Å². The molecule has 2 aromatic carbocycles. The van der Waals surface area contributed by atoms with Gasteiger partial charge in [-0.15, -0.1) is 11.3 Å². The summed E-state index contributed by atoms with van der Waals surface area (Å²) >= 11 is 1.37. The normalized spacial score (nSPS) is 16.8. The third kappa shape index (κ3) is 4.25. The quantitative estimate of drug-likeness (QED) is 0.326. The molecule has 0 saturated carbocycles. The van der Waals surface area contributed by atoms with Crippen molar-refractivity contribution >= 4 is 55.6 Å². The number of aromatic nitrogens is 2. The van der Waals surface area contributed by atoms with Gasteiger partial charge in [-0.3, -0.25) is 19.5 Å². The molecule has 0 bridgehead atoms. The first-order valence-electron chi connectivity index (χ1n) is 11.8. The highest BCUT2D eigenvalue weighted by Crippen LogP contribution is 2.40. The van der Waals surface area contributed by atoms with Gasteiger partial charge in [0.1, 0.15) is 4.88 Å². The number of likely N-dealkylation sites (tertiary alicyclic amines) is 1. The van der Waals surface area contributed by atoms with Gasteiger partial charge in [-0.2, -0.15) is 0 Å². The molecule has 4 aromatic rings. The Balaban J connectivity index is 1.44. The van der Waals surface area contributed by atoms with Gasteiger partial charge >= 0.3 is 0 Å². The number of anilines is 2. The molecule has 0 aliphatic carbocycles. The first-order chi connectivity index (χ1) is 18.2. The fourth-order valence-corrected chi connectivity index (χ4v) is 5.86. The van der Waals surface area contributed by atoms with Crippen molar-refractivity contribution in [3.63, 3.8) is 0 Å². The number of thiophene rings is 1. The number of alkyl halides is 2. The number of fused-ring (bicyclic) bond motifs is 5. The van der Waals surface area contributed by atoms with E-state index in [0.717, 1.165) is 21.8 Å². The van der Waals surface area contributed by atoms with Gasteiger partial charge in [0.25, 0.3) is 11.8 Å². The number of nitrogens with one attached hydrogen (secondary N) is 3. The van der Waals surface area contributed by atoms with Gasteiger partial charge in [0.05, 0.1) is 47.4 Å². The predicted octanol–water partition coefficient (Wildman–Crippen LogP) is 4.38. The smallest absolute Gasteiger partial charge is 0.272 e. The van der Waals surface area contributed by atoms with Crippen LogP contribution in [0.5, 0.6) is 0 Å². The van der Waals surface area contributed by atoms with E-state index < -0.39 is 30.7 Å². The van der Waals surface area contributed by atoms with Gasteiger partial charge in [-0.1, -0.05) is 6.58 Å². The average Bonchev–Trinajstić information content (AvgIpc) is 3.16. The Kier molecular flexibility index (Phi) is 5.80. The molecule has 8 nitrogen and oxygen atoms in total. The Morgan fingerprint density at radius 1 is 1.24 bits per heavy atom. The highest BCUT2D eigenvalue weighted by Gasteiger charge is 2.43. The van der Waals surface area contributed by atoms with E-state index in [1.807, 2.05) is 6.07 Å². The Hall–Kier alpha value is -4.03. The molecule has 1 saturated heterocycles. The van der Waals surface area contributed by atoms with E-state index in [4.69, 9.17) is 4.98 Å². The Labute approximate surface area is 218 Å². The zero-order valence-corrected chi connectivity index (χ0v) is 20.7. The summed E-state index contributed by atoms with van der Waals surface area (Å²) in [4.78, 5) is 35.8. The molecule has 0 unspecified atom stereocenters. The summed E-state index contributed by atoms with van der Waals surface area (Å²) < 4.78 is 42.9. The van der Waals surface area contributed by atoms with E-state index in [1.165, 1.54) is 34.6 Å². The molecule has 2 aliphatic heterocycles. The van der Waals surface area contributed by atoms with Crippen LogP contribution in [0.1, 0.15) is 15.2 Å². The second-order valence-corrected chi connectivity index (χ2v) is 10.3. The number of rotatable bonds is 5. The van der Waals surface area contributed by atoms with Crippen LogP contribution in [0.2, 0.25) is 0 Å². The molecular weight excluding hydrogens is 517 g/mol. The molecule has 38 heavy (non-hydrogen) atoms. The lowest BCUT2D eigenvalue weighted by molar-refractivity contribution is -0.134. The van der Waals surface area contributed by atoms with Crippen molar-refractivity contribution in [3.05, 3.63) is 59.4 Å². The number of carbonyl (C=O) groups excluding carboxylic acids is 2. The van der Waals surface area contributed by atoms with Crippen LogP contribution in [0.3, 0.4) is 0 Å². The molecule has 2 amide bonds. The van der Waals surface area contributed by atoms with E-state index in [0.29, 0.717) is 40.3 Å². The highest BCUT2D eigenvalue weighted by atomic mass is 32.1. The summed E-state index contributed by atoms with van der Waals surface area (Å²) in [6.45, 7) is 3.50. The SMILES string of the molecule is C=CC(=O)Nc1cc(-c2cnc3c(ccc4sc5c(c43)NCCNC5=O)n2)cc(CN2CC(F)(F)C2)c1F. The maximum atomic E-state index is 15.3. The number of amides is 2. The van der Waals surface area contributed by atoms with Gasteiger partial charge in [-0.25, -0.2) is 18.2 Å². The van der Waals surface area contributed by atoms with Crippen LogP contribution in [0, 0.1) is 5.82 Å². The van der Waals surface area contributed by atoms with E-state index in [2.05, 4.69) is 27.5 Å². The van der Waals surface area contributed by atoms with E-state index in [9.17, 15) is 18.4 Å². The highest BCUT2D eigenvalue weighted by molar-refractivity contribution is 7.21. The van der Waals surface area contributed by atoms with Crippen molar-refractivity contribution in [1.29, 1.82) is 0 Å². The molecule has 194 valence electrons. The van der Waals surface area contributed by atoms with Crippen LogP contribution in [0.4, 0.5) is 24.5 Å². The summed E-state index contributed by atoms with van der Waals surface area (Å²) in [5.74, 6) is -4.25. The minimum absolute atomic E-state index is 0.0529. The molecule has 3 N–H and O–H groups in total. The van der Waals surface area contributed by atoms with Crippen LogP contribution in [-0.2, 0) is 11.3 Å². The molecule has 2 aromatic heterocycles. The molecule has 0 spiro atoms. The minimum atomic E-state index is -2.79. The number of benzene rings is 2. The number of hydrogen-bond donors (Lipinski definition) is 3. The van der Waals surface area contributed by atoms with Crippen molar-refractivity contribution < 1.29 is 22.8 Å². The van der Waals surface area contributed by atoms with Crippen LogP contribution < -0.4 is 16.0 Å². The first kappa shape index (κ1) is 24.3. The van der Waals surface area contributed by atoms with E-state index in [-0.39, 0.29) is 23.7 Å². The van der Waals surface area contributed by atoms with Gasteiger partial charge < -0.3 is 16.0 Å². The van der Waals surface area contributed by atoms with Crippen LogP contribution in [0.25, 0.3) is 32.4 Å². The molecule has 6 rings (SSSR count). The molecule has 0 radical (unpaired) electrons. The van der Waals surface area contributed by atoms with Crippen molar-refractivity contribution in [3.8, 4) is 11.3 Å². The second-order valence-electron chi connectivity index (χ2n) is 9.24. The molecule has 12 heteroatoms. The molecule has 2 aliphatic rings. The van der Waals surface area contributed by atoms with E-state index in [1.54, 1.807) is 6.07 Å². The predicted molar refractivity (Wildman–Crippen MR) is 140 cm³/mol. The monoisotopic (exact) mass is 538 g/mol. The topological polar surface area (TPSA) is 99.2 Å². The van der Waals surface area contributed by atoms with Crippen LogP contribution >= 0.6 is 11.3 Å². The lowest BCUT2D eigenvalue weighted by atomic mass is 10.0. The van der Waals surface area contributed by atoms with Gasteiger partial charge in [-0.05, 0) is 30.3 Å². The third-order valence-corrected chi connectivity index (χ3v) is 7.63. The zero-order chi connectivity index (χ0) is 26.6.